The van der Waals surface area contributed by atoms with Crippen molar-refractivity contribution >= 4 is 39.4 Å². The largest absolute Gasteiger partial charge is 0.327 e. The van der Waals surface area contributed by atoms with Gasteiger partial charge in [0, 0.05) is 55.8 Å². The highest BCUT2D eigenvalue weighted by Crippen LogP contribution is 2.57. The normalized spacial score (nSPS) is 35.6. The zero-order chi connectivity index (χ0) is 57.0. The summed E-state index contributed by atoms with van der Waals surface area (Å²) in [6.07, 6.45) is 21.7. The summed E-state index contributed by atoms with van der Waals surface area (Å²) in [7, 11) is -4.02. The predicted octanol–water partition coefficient (Wildman–Crippen LogP) is 10.1. The lowest BCUT2D eigenvalue weighted by Gasteiger charge is -2.27. The first-order chi connectivity index (χ1) is 37.0. The smallest absolute Gasteiger partial charge is 0.294 e. The molecule has 6 aliphatic carbocycles. The van der Waals surface area contributed by atoms with Gasteiger partial charge in [0.1, 0.15) is 24.0 Å². The number of nitriles is 6. The topological polar surface area (TPSA) is 284 Å². The van der Waals surface area contributed by atoms with E-state index in [1.807, 2.05) is 6.92 Å². The molecule has 6 unspecified atom stereocenters. The van der Waals surface area contributed by atoms with Gasteiger partial charge in [-0.05, 0) is 201 Å². The van der Waals surface area contributed by atoms with Gasteiger partial charge in [0.15, 0.2) is 0 Å². The van der Waals surface area contributed by atoms with Gasteiger partial charge >= 0.3 is 0 Å². The summed E-state index contributed by atoms with van der Waals surface area (Å²) in [5, 5.41) is 53.7. The number of aryl methyl sites for hydroxylation is 1. The fourth-order valence-electron chi connectivity index (χ4n) is 15.3. The van der Waals surface area contributed by atoms with Crippen LogP contribution in [-0.4, -0.2) is 94.6 Å². The van der Waals surface area contributed by atoms with Gasteiger partial charge in [-0.3, -0.25) is 18.9 Å². The summed E-state index contributed by atoms with van der Waals surface area (Å²) in [6.45, 7) is 10.8. The van der Waals surface area contributed by atoms with E-state index in [0.29, 0.717) is 49.0 Å². The molecule has 9 aliphatic rings. The zero-order valence-electron chi connectivity index (χ0n) is 46.5. The minimum Gasteiger partial charge on any atom is -0.327 e. The minimum atomic E-state index is -4.02. The van der Waals surface area contributed by atoms with Gasteiger partial charge in [0.25, 0.3) is 10.1 Å². The molecule has 422 valence electrons. The number of amides is 3. The van der Waals surface area contributed by atoms with Gasteiger partial charge < -0.3 is 20.4 Å². The molecule has 16 nitrogen and oxygen atoms in total. The minimum absolute atomic E-state index is 0.0157. The first-order valence-corrected chi connectivity index (χ1v) is 30.6. The van der Waals surface area contributed by atoms with E-state index in [4.69, 9.17) is 53.5 Å². The van der Waals surface area contributed by atoms with E-state index in [2.05, 4.69) is 57.2 Å². The summed E-state index contributed by atoms with van der Waals surface area (Å²) in [4.78, 5) is 40.9. The van der Waals surface area contributed by atoms with E-state index in [0.717, 1.165) is 133 Å². The zero-order valence-corrected chi connectivity index (χ0v) is 48.1. The molecule has 3 amide bonds. The number of nitrogens with zero attached hydrogens (tertiary/aromatic N) is 9. The van der Waals surface area contributed by atoms with Gasteiger partial charge in [-0.1, -0.05) is 31.5 Å². The lowest BCUT2D eigenvalue weighted by Crippen LogP contribution is -2.35. The second kappa shape index (κ2) is 27.3. The summed E-state index contributed by atoms with van der Waals surface area (Å²) in [6, 6.07) is 19.2. The third-order valence-electron chi connectivity index (χ3n) is 19.0. The molecule has 78 heavy (non-hydrogen) atoms. The van der Waals surface area contributed by atoms with E-state index < -0.39 is 10.1 Å². The van der Waals surface area contributed by atoms with Gasteiger partial charge in [-0.25, -0.2) is 0 Å². The number of benzene rings is 1. The Morgan fingerprint density at radius 2 is 0.872 bits per heavy atom. The molecule has 3 heterocycles. The number of fused-ring (bicyclic) bond motifs is 3. The molecular weight excluding hydrogens is 1020 g/mol. The molecule has 1 aromatic rings. The van der Waals surface area contributed by atoms with Crippen LogP contribution in [-0.2, 0) is 24.5 Å². The molecular formula is C60H83ClN10O6S. The number of carbonyl (C=O) groups excluding carboxylic acids is 3. The number of carbonyl (C=O) groups is 3. The Bertz CT molecular complexity index is 2500. The molecule has 6 saturated carbocycles. The summed E-state index contributed by atoms with van der Waals surface area (Å²) in [5.74, 6) is 5.34. The van der Waals surface area contributed by atoms with Crippen molar-refractivity contribution in [2.24, 2.45) is 69.8 Å². The number of hydrogen-bond acceptors (Lipinski definition) is 12. The van der Waals surface area contributed by atoms with Gasteiger partial charge in [0.2, 0.25) is 17.7 Å². The van der Waals surface area contributed by atoms with Crippen LogP contribution in [0.15, 0.2) is 29.2 Å². The van der Waals surface area contributed by atoms with E-state index in [-0.39, 0.29) is 74.8 Å². The van der Waals surface area contributed by atoms with Gasteiger partial charge in [-0.2, -0.15) is 40.0 Å². The number of halogens is 1. The van der Waals surface area contributed by atoms with Crippen molar-refractivity contribution < 1.29 is 27.4 Å². The molecule has 15 atom stereocenters. The number of alkyl halides is 1. The maximum Gasteiger partial charge on any atom is 0.294 e. The molecule has 0 radical (unpaired) electrons. The standard InChI is InChI=1S/2C18H25N3O.C10H16N2.C7H9ClN2O.C7H8O3S/c2*1-18(9-14-7-13(11-19)8-15(14)10-18)5-4-17(22)21-6-2-3-16(21)12-20;1-10(12)4-8-2-7(6-11)3-9(8)5-10;8-4-7(11)10-3-1-2-6(10)5-9;1-6-2-4-7(5-3-6)11(8,9)10/h2*13-16H,2-10H2,1H3;7-9H,2-5,12H2,1H3;6H,1-4H2;2-5H,1H3,(H,8,9,10)/t2*13?,14-,15+,16-,18?;7?,8-,9+,10?;6-;/m00.0./s1. The Balaban J connectivity index is 0.000000164. The van der Waals surface area contributed by atoms with E-state index >= 15 is 0 Å². The van der Waals surface area contributed by atoms with Crippen molar-refractivity contribution in [3.8, 4) is 36.4 Å². The average Bonchev–Trinajstić information content (AvgIpc) is 4.31. The summed E-state index contributed by atoms with van der Waals surface area (Å²) >= 11 is 5.35. The number of likely N-dealkylation sites (tertiary alicyclic amines) is 3. The van der Waals surface area contributed by atoms with Crippen molar-refractivity contribution in [3.05, 3.63) is 29.8 Å². The molecule has 10 rings (SSSR count). The summed E-state index contributed by atoms with van der Waals surface area (Å²) in [5.41, 5.74) is 7.61. The van der Waals surface area contributed by atoms with E-state index in [9.17, 15) is 22.8 Å². The summed E-state index contributed by atoms with van der Waals surface area (Å²) < 4.78 is 29.6. The van der Waals surface area contributed by atoms with Crippen LogP contribution >= 0.6 is 11.6 Å². The molecule has 9 fully saturated rings. The molecule has 0 aromatic heterocycles. The Morgan fingerprint density at radius 1 is 0.564 bits per heavy atom. The van der Waals surface area contributed by atoms with Gasteiger partial charge in [0.05, 0.1) is 41.3 Å². The second-order valence-electron chi connectivity index (χ2n) is 25.5. The quantitative estimate of drug-likeness (QED) is 0.181. The average molecular weight is 1110 g/mol. The van der Waals surface area contributed by atoms with Crippen LogP contribution in [0.3, 0.4) is 0 Å². The first-order valence-electron chi connectivity index (χ1n) is 28.6. The second-order valence-corrected chi connectivity index (χ2v) is 27.2. The van der Waals surface area contributed by atoms with Crippen LogP contribution in [0.5, 0.6) is 0 Å². The molecule has 3 N–H and O–H groups in total. The molecule has 0 bridgehead atoms. The molecule has 18 heteroatoms. The monoisotopic (exact) mass is 1110 g/mol. The van der Waals surface area contributed by atoms with Crippen LogP contribution in [0.1, 0.15) is 168 Å². The van der Waals surface area contributed by atoms with Gasteiger partial charge in [-0.15, -0.1) is 11.6 Å². The Kier molecular flexibility index (Phi) is 21.6. The van der Waals surface area contributed by atoms with Crippen molar-refractivity contribution in [2.75, 3.05) is 25.5 Å². The van der Waals surface area contributed by atoms with Crippen molar-refractivity contribution in [1.29, 1.82) is 31.6 Å². The first kappa shape index (κ1) is 61.9. The molecule has 3 saturated heterocycles. The third kappa shape index (κ3) is 16.4. The predicted molar refractivity (Wildman–Crippen MR) is 294 cm³/mol. The SMILES string of the molecule is CC1(CCC(=O)N2CCC[C@H]2C#N)C[C@H]2CC(C#N)C[C@H]2C1.CC1(CCC(=O)N2CCC[C@H]2C#N)C[C@H]2CC(C#N)C[C@H]2C1.CC1(N)C[C@H]2CC(C#N)C[C@H]2C1.Cc1ccc(S(=O)(=O)O)cc1.N#C[C@@H]1CCCN1C(=O)CCl. The number of rotatable bonds is 8. The van der Waals surface area contributed by atoms with Crippen LogP contribution in [0.2, 0.25) is 0 Å². The fourth-order valence-corrected chi connectivity index (χ4v) is 16.0. The Hall–Kier alpha value is -5.27. The third-order valence-corrected chi connectivity index (χ3v) is 20.1. The number of hydrogen-bond donors (Lipinski definition) is 2. The highest BCUT2D eigenvalue weighted by atomic mass is 35.5. The van der Waals surface area contributed by atoms with E-state index in [1.165, 1.54) is 37.8 Å². The maximum absolute atomic E-state index is 12.4. The van der Waals surface area contributed by atoms with Crippen molar-refractivity contribution in [2.45, 2.75) is 198 Å². The Labute approximate surface area is 470 Å². The highest BCUT2D eigenvalue weighted by molar-refractivity contribution is 7.85. The van der Waals surface area contributed by atoms with Crippen LogP contribution < -0.4 is 5.73 Å². The van der Waals surface area contributed by atoms with Crippen LogP contribution in [0, 0.1) is 139 Å². The van der Waals surface area contributed by atoms with Crippen LogP contribution in [0.4, 0.5) is 0 Å². The lowest BCUT2D eigenvalue weighted by molar-refractivity contribution is -0.132. The van der Waals surface area contributed by atoms with Crippen molar-refractivity contribution in [1.82, 2.24) is 14.7 Å². The Morgan fingerprint density at radius 3 is 1.15 bits per heavy atom. The highest BCUT2D eigenvalue weighted by Gasteiger charge is 2.49. The maximum atomic E-state index is 12.4. The van der Waals surface area contributed by atoms with Crippen LogP contribution in [0.25, 0.3) is 0 Å². The fraction of sp³-hybridized carbons (Fsp3) is 0.750. The molecule has 1 aromatic carbocycles. The van der Waals surface area contributed by atoms with Crippen molar-refractivity contribution in [3.63, 3.8) is 0 Å². The molecule has 3 aliphatic heterocycles. The lowest BCUT2D eigenvalue weighted by atomic mass is 9.80. The van der Waals surface area contributed by atoms with E-state index in [1.54, 1.807) is 26.8 Å². The molecule has 0 spiro atoms. The number of nitrogens with two attached hydrogens (primary N) is 1.